The molecule has 0 bridgehead atoms. The van der Waals surface area contributed by atoms with Crippen molar-refractivity contribution in [3.63, 3.8) is 0 Å². The SMILES string of the molecule is C.C1COCCN1.CCOC(=O)CBr.CCOC(=O)COC[C@H](NC(=O)c1ccc(F)cc1)C(=O)N1CCOCC1.CS(=O)(=O)Cl.N[C@@H](CO)C(=O)O.O=C(Cl)c1ccc(F)cc1.O=C(N[C@@H](CO)C(=O)N1CCOCC1)c1ccc(F)cc1.O=C(N[C@@H](CO)C(=O)O)c1ccc(F)cc1.O=C(N[C@@H](COCCO)C(=O)N1CCOCC1)c1ccc(F)cc1. The van der Waals surface area contributed by atoms with E-state index in [0.717, 1.165) is 69.0 Å². The Morgan fingerprint density at radius 1 is 0.468 bits per heavy atom. The predicted molar refractivity (Wildman–Crippen MR) is 441 cm³/mol. The molecule has 5 atom stereocenters. The number of aliphatic carboxylic acids is 2. The maximum absolute atomic E-state index is 13.0. The molecule has 13 N–H and O–H groups in total. The Morgan fingerprint density at radius 3 is 0.984 bits per heavy atom. The van der Waals surface area contributed by atoms with Crippen molar-refractivity contribution < 1.29 is 156 Å². The van der Waals surface area contributed by atoms with Crippen molar-refractivity contribution >= 4 is 118 Å². The second kappa shape index (κ2) is 66.6. The van der Waals surface area contributed by atoms with Gasteiger partial charge in [0.25, 0.3) is 28.9 Å². The van der Waals surface area contributed by atoms with E-state index < -0.39 is 129 Å². The van der Waals surface area contributed by atoms with Crippen LogP contribution in [0, 0.1) is 29.1 Å². The van der Waals surface area contributed by atoms with Gasteiger partial charge in [0.2, 0.25) is 26.8 Å². The van der Waals surface area contributed by atoms with Gasteiger partial charge in [-0.2, -0.15) is 0 Å². The number of esters is 2. The highest BCUT2D eigenvalue weighted by Crippen LogP contribution is 2.12. The Morgan fingerprint density at radius 2 is 0.750 bits per heavy atom. The molecular formula is C78H105BrCl2F5N9O28S. The minimum atomic E-state index is -3.19. The first-order valence-electron chi connectivity index (χ1n) is 37.1. The summed E-state index contributed by atoms with van der Waals surface area (Å²) in [6.07, 6.45) is 0.925. The Balaban J connectivity index is 0.00000145. The van der Waals surface area contributed by atoms with E-state index in [1.165, 1.54) is 89.8 Å². The number of rotatable bonds is 28. The summed E-state index contributed by atoms with van der Waals surface area (Å²) < 4.78 is 123. The fraction of sp³-hybridized carbons (Fsp3) is 0.462. The van der Waals surface area contributed by atoms with Gasteiger partial charge < -0.3 is 116 Å². The molecule has 46 heteroatoms. The number of ether oxygens (including phenoxy) is 8. The van der Waals surface area contributed by atoms with Crippen LogP contribution in [0.4, 0.5) is 22.0 Å². The monoisotopic (exact) mass is 1890 g/mol. The number of carboxylic acid groups (broad SMARTS) is 2. The smallest absolute Gasteiger partial charge is 0.332 e. The number of amides is 7. The number of nitrogens with one attached hydrogen (secondary N) is 5. The predicted octanol–water partition coefficient (Wildman–Crippen LogP) is 1.90. The number of nitrogens with two attached hydrogens (primary N) is 1. The summed E-state index contributed by atoms with van der Waals surface area (Å²) in [7, 11) is 1.31. The summed E-state index contributed by atoms with van der Waals surface area (Å²) in [4.78, 5) is 142. The van der Waals surface area contributed by atoms with Gasteiger partial charge in [-0.3, -0.25) is 47.9 Å². The van der Waals surface area contributed by atoms with Crippen molar-refractivity contribution in [2.24, 2.45) is 5.73 Å². The van der Waals surface area contributed by atoms with Gasteiger partial charge >= 0.3 is 23.9 Å². The average molecular weight is 1890 g/mol. The zero-order chi connectivity index (χ0) is 92.2. The Labute approximate surface area is 730 Å². The fourth-order valence-electron chi connectivity index (χ4n) is 9.21. The number of halogens is 8. The highest BCUT2D eigenvalue weighted by atomic mass is 79.9. The topological polar surface area (TPSA) is 530 Å². The van der Waals surface area contributed by atoms with Gasteiger partial charge in [-0.05, 0) is 147 Å². The molecule has 5 aromatic rings. The van der Waals surface area contributed by atoms with Crippen molar-refractivity contribution in [1.29, 1.82) is 0 Å². The first-order valence-corrected chi connectivity index (χ1v) is 41.4. The number of alkyl halides is 1. The molecule has 4 aliphatic heterocycles. The number of carbonyl (C=O) groups is 12. The molecule has 692 valence electrons. The number of carbonyl (C=O) groups excluding carboxylic acids is 10. The number of carboxylic acids is 2. The van der Waals surface area contributed by atoms with Crippen LogP contribution in [-0.4, -0.2) is 337 Å². The second-order valence-electron chi connectivity index (χ2n) is 24.7. The summed E-state index contributed by atoms with van der Waals surface area (Å²) in [5.41, 5.74) is 5.89. The third kappa shape index (κ3) is 52.0. The zero-order valence-corrected chi connectivity index (χ0v) is 71.0. The van der Waals surface area contributed by atoms with Crippen LogP contribution >= 0.6 is 38.2 Å². The minimum Gasteiger partial charge on any atom is -0.480 e. The van der Waals surface area contributed by atoms with E-state index in [1.54, 1.807) is 23.6 Å². The van der Waals surface area contributed by atoms with Crippen molar-refractivity contribution in [2.45, 2.75) is 51.5 Å². The van der Waals surface area contributed by atoms with Gasteiger partial charge in [0.1, 0.15) is 65.2 Å². The molecule has 124 heavy (non-hydrogen) atoms. The molecule has 0 unspecified atom stereocenters. The van der Waals surface area contributed by atoms with Crippen LogP contribution in [0.15, 0.2) is 121 Å². The summed E-state index contributed by atoms with van der Waals surface area (Å²) in [5.74, 6) is -8.70. The van der Waals surface area contributed by atoms with Gasteiger partial charge in [-0.1, -0.05) is 23.4 Å². The van der Waals surface area contributed by atoms with Gasteiger partial charge in [-0.25, -0.2) is 40.0 Å². The summed E-state index contributed by atoms with van der Waals surface area (Å²) in [6, 6.07) is 19.2. The lowest BCUT2D eigenvalue weighted by molar-refractivity contribution is -0.150. The van der Waals surface area contributed by atoms with E-state index in [4.69, 9.17) is 76.0 Å². The Hall–Kier alpha value is -9.88. The van der Waals surface area contributed by atoms with Crippen LogP contribution in [0.3, 0.4) is 0 Å². The highest BCUT2D eigenvalue weighted by Gasteiger charge is 2.31. The maximum atomic E-state index is 13.0. The van der Waals surface area contributed by atoms with Gasteiger partial charge in [0, 0.05) is 90.9 Å². The Bertz CT molecular complexity index is 4080. The summed E-state index contributed by atoms with van der Waals surface area (Å²) in [5, 5.41) is 63.9. The molecule has 4 aliphatic rings. The normalized spacial score (nSPS) is 14.3. The first kappa shape index (κ1) is 114. The molecule has 4 fully saturated rings. The molecule has 0 aromatic heterocycles. The fourth-order valence-corrected chi connectivity index (χ4v) is 9.49. The number of nitrogens with zero attached hydrogens (tertiary/aromatic N) is 3. The molecule has 7 amide bonds. The molecule has 0 saturated carbocycles. The minimum absolute atomic E-state index is 0. The lowest BCUT2D eigenvalue weighted by Gasteiger charge is -2.30. The number of morpholine rings is 4. The van der Waals surface area contributed by atoms with Crippen LogP contribution in [0.1, 0.15) is 73.1 Å². The van der Waals surface area contributed by atoms with E-state index in [1.807, 2.05) is 0 Å². The molecule has 5 aromatic carbocycles. The average Bonchev–Trinajstić information content (AvgIpc) is 0.876. The van der Waals surface area contributed by atoms with Gasteiger partial charge in [0.15, 0.2) is 6.04 Å². The van der Waals surface area contributed by atoms with Crippen LogP contribution in [0.25, 0.3) is 0 Å². The van der Waals surface area contributed by atoms with E-state index in [-0.39, 0.29) is 98.8 Å². The number of aliphatic hydroxyl groups is 4. The lowest BCUT2D eigenvalue weighted by Crippen LogP contribution is -2.53. The maximum Gasteiger partial charge on any atom is 0.332 e. The molecule has 4 saturated heterocycles. The lowest BCUT2D eigenvalue weighted by atomic mass is 10.1. The molecule has 4 heterocycles. The first-order chi connectivity index (χ1) is 58.5. The van der Waals surface area contributed by atoms with Crippen LogP contribution in [0.2, 0.25) is 0 Å². The summed E-state index contributed by atoms with van der Waals surface area (Å²) >= 11 is 8.04. The molecule has 37 nitrogen and oxygen atoms in total. The molecule has 0 radical (unpaired) electrons. The van der Waals surface area contributed by atoms with Gasteiger partial charge in [-0.15, -0.1) is 0 Å². The summed E-state index contributed by atoms with van der Waals surface area (Å²) in [6.45, 7) is 10.7. The zero-order valence-electron chi connectivity index (χ0n) is 67.0. The van der Waals surface area contributed by atoms with Crippen molar-refractivity contribution in [3.8, 4) is 0 Å². The third-order valence-electron chi connectivity index (χ3n) is 15.3. The van der Waals surface area contributed by atoms with E-state index >= 15 is 0 Å². The standard InChI is InChI=1S/C18H23FN2O6.C16H21FN2O5.C14H17FN2O4.C10H10FNO4.C7H4ClFO.C4H7BrO2.C4H9NO.C3H7NO3.CH3ClO2S.CH4/c1-2-27-16(22)12-26-11-15(18(24)21-7-9-25-10-8-21)20-17(23)13-3-5-14(19)6-4-13;17-13-3-1-12(2-4-13)15(21)18-14(11-24-10-7-20)16(22)19-5-8-23-9-6-19;15-11-3-1-10(2-4-11)13(19)16-12(9-18)14(20)17-5-7-21-8-6-17;11-7-3-1-6(2-4-7)9(14)12-8(5-13)10(15)16;8-7(10)5-1-3-6(9)4-2-5;1-2-7-4(6)3-5;1-3-6-4-2-5-1;4-2(1-5)3(6)7;1-5(2,3)4;/h3-6,15H,2,7-12H2,1H3,(H,20,23);1-4,14,20H,5-11H2,(H,18,21);1-4,12,18H,5-9H2,(H,16,19);1-4,8,13H,5H2,(H,12,14)(H,15,16);1-4H;2-3H2,1H3;5H,1-4H2;2,5H,1,4H2,(H,6,7);1H3;1H4/t15-;14-;12-;8-;;;;2-;;/m0000...0../s1. The van der Waals surface area contributed by atoms with Crippen LogP contribution in [-0.2, 0) is 80.5 Å². The van der Waals surface area contributed by atoms with Crippen molar-refractivity contribution in [2.75, 3.05) is 183 Å². The number of aliphatic hydroxyl groups excluding tert-OH is 4. The third-order valence-corrected chi connectivity index (χ3v) is 16.0. The van der Waals surface area contributed by atoms with Gasteiger partial charge in [0.05, 0.1) is 119 Å². The van der Waals surface area contributed by atoms with Crippen LogP contribution in [0.5, 0.6) is 0 Å². The molecule has 9 rings (SSSR count). The van der Waals surface area contributed by atoms with E-state index in [2.05, 4.69) is 57.9 Å². The number of benzene rings is 5. The largest absolute Gasteiger partial charge is 0.480 e. The number of hydrogen-bond donors (Lipinski definition) is 12. The molecule has 0 spiro atoms. The van der Waals surface area contributed by atoms with Crippen molar-refractivity contribution in [3.05, 3.63) is 178 Å². The Kier molecular flexibility index (Phi) is 61.3. The highest BCUT2D eigenvalue weighted by molar-refractivity contribution is 9.09. The number of hydrogen-bond acceptors (Lipinski definition) is 28. The molecule has 0 aliphatic carbocycles. The van der Waals surface area contributed by atoms with Crippen LogP contribution < -0.4 is 32.3 Å². The van der Waals surface area contributed by atoms with E-state index in [0.29, 0.717) is 96.4 Å². The van der Waals surface area contributed by atoms with Crippen molar-refractivity contribution in [1.82, 2.24) is 41.3 Å². The second-order valence-corrected chi connectivity index (χ2v) is 28.6. The molecular weight excluding hydrogens is 1790 g/mol. The quantitative estimate of drug-likeness (QED) is 0.0112. The van der Waals surface area contributed by atoms with E-state index in [9.17, 15) is 93.0 Å².